The molecule has 0 bridgehead atoms. The summed E-state index contributed by atoms with van der Waals surface area (Å²) in [5.41, 5.74) is 1.52. The molecule has 2 rings (SSSR count). The largest absolute Gasteiger partial charge is 0.506 e. The van der Waals surface area contributed by atoms with Crippen molar-refractivity contribution in [3.05, 3.63) is 56.3 Å². The van der Waals surface area contributed by atoms with Crippen LogP contribution in [0.5, 0.6) is 5.75 Å². The van der Waals surface area contributed by atoms with Crippen LogP contribution in [0, 0.1) is 13.8 Å². The topological polar surface area (TPSA) is 127 Å². The second-order valence-corrected chi connectivity index (χ2v) is 5.38. The first-order valence-electron chi connectivity index (χ1n) is 7.17. The van der Waals surface area contributed by atoms with Crippen molar-refractivity contribution >= 4 is 0 Å². The van der Waals surface area contributed by atoms with Gasteiger partial charge in [0.05, 0.1) is 31.4 Å². The summed E-state index contributed by atoms with van der Waals surface area (Å²) >= 11 is 0. The number of aromatic hydroxyl groups is 1. The summed E-state index contributed by atoms with van der Waals surface area (Å²) in [5.74, 6) is -0.949. The number of aliphatic hydroxyl groups is 3. The zero-order valence-corrected chi connectivity index (χ0v) is 13.0. The van der Waals surface area contributed by atoms with Crippen LogP contribution < -0.4 is 5.43 Å². The Labute approximate surface area is 132 Å². The summed E-state index contributed by atoms with van der Waals surface area (Å²) < 4.78 is 0. The molecule has 2 heterocycles. The number of hydrogen-bond donors (Lipinski definition) is 5. The Kier molecular flexibility index (Phi) is 5.15. The molecule has 0 aliphatic heterocycles. The van der Waals surface area contributed by atoms with Crippen molar-refractivity contribution < 1.29 is 20.4 Å². The van der Waals surface area contributed by atoms with Crippen LogP contribution in [0.15, 0.2) is 17.2 Å². The van der Waals surface area contributed by atoms with Gasteiger partial charge in [-0.2, -0.15) is 0 Å². The molecule has 0 amide bonds. The van der Waals surface area contributed by atoms with E-state index >= 15 is 0 Å². The molecule has 124 valence electrons. The number of nitrogens with one attached hydrogen (secondary N) is 1. The summed E-state index contributed by atoms with van der Waals surface area (Å²) in [5, 5.41) is 39.2. The van der Waals surface area contributed by atoms with E-state index in [4.69, 9.17) is 0 Å². The number of H-pyrrole nitrogens is 1. The lowest BCUT2D eigenvalue weighted by Gasteiger charge is -2.22. The molecule has 0 aliphatic rings. The van der Waals surface area contributed by atoms with E-state index in [2.05, 4.69) is 9.97 Å². The molecule has 0 radical (unpaired) electrons. The minimum atomic E-state index is -0.797. The Morgan fingerprint density at radius 2 is 1.91 bits per heavy atom. The number of aryl methyl sites for hydroxylation is 2. The molecule has 0 spiro atoms. The standard InChI is InChI=1S/C16H20N2O5/c1-8-3-18-14(12(7-21)15(8)22)11(6-20)13-10(5-19)4-17-9(2)16(13)23/h3-4,11,19-21,23H,5-7H2,1-2H3,(H,18,22). The lowest BCUT2D eigenvalue weighted by molar-refractivity contribution is 0.256. The highest BCUT2D eigenvalue weighted by Gasteiger charge is 2.26. The van der Waals surface area contributed by atoms with Gasteiger partial charge < -0.3 is 25.4 Å². The van der Waals surface area contributed by atoms with Crippen molar-refractivity contribution in [3.8, 4) is 5.75 Å². The molecule has 2 aromatic heterocycles. The first-order chi connectivity index (χ1) is 11.0. The van der Waals surface area contributed by atoms with E-state index in [1.165, 1.54) is 12.4 Å². The SMILES string of the molecule is Cc1ncc(CO)c(C(CO)c2[nH]cc(C)c(=O)c2CO)c1O. The molecule has 7 nitrogen and oxygen atoms in total. The molecule has 0 fully saturated rings. The van der Waals surface area contributed by atoms with Crippen LogP contribution in [0.2, 0.25) is 0 Å². The smallest absolute Gasteiger partial charge is 0.190 e. The third-order valence-electron chi connectivity index (χ3n) is 3.97. The maximum Gasteiger partial charge on any atom is 0.190 e. The molecule has 23 heavy (non-hydrogen) atoms. The van der Waals surface area contributed by atoms with Crippen LogP contribution >= 0.6 is 0 Å². The van der Waals surface area contributed by atoms with E-state index in [1.807, 2.05) is 0 Å². The van der Waals surface area contributed by atoms with Crippen molar-refractivity contribution in [2.45, 2.75) is 33.0 Å². The average molecular weight is 320 g/mol. The van der Waals surface area contributed by atoms with Crippen molar-refractivity contribution in [2.24, 2.45) is 0 Å². The Bertz CT molecular complexity index is 770. The van der Waals surface area contributed by atoms with Crippen LogP contribution in [-0.2, 0) is 13.2 Å². The van der Waals surface area contributed by atoms with Crippen molar-refractivity contribution in [3.63, 3.8) is 0 Å². The second-order valence-electron chi connectivity index (χ2n) is 5.38. The molecular formula is C16H20N2O5. The summed E-state index contributed by atoms with van der Waals surface area (Å²) in [4.78, 5) is 19.1. The predicted molar refractivity (Wildman–Crippen MR) is 83.2 cm³/mol. The summed E-state index contributed by atoms with van der Waals surface area (Å²) in [7, 11) is 0. The highest BCUT2D eigenvalue weighted by Crippen LogP contribution is 2.35. The van der Waals surface area contributed by atoms with Crippen molar-refractivity contribution in [1.82, 2.24) is 9.97 Å². The Morgan fingerprint density at radius 1 is 1.22 bits per heavy atom. The van der Waals surface area contributed by atoms with E-state index in [-0.39, 0.29) is 28.9 Å². The van der Waals surface area contributed by atoms with Crippen LogP contribution in [-0.4, -0.2) is 37.0 Å². The molecule has 0 aromatic carbocycles. The minimum absolute atomic E-state index is 0.127. The quantitative estimate of drug-likeness (QED) is 0.536. The third kappa shape index (κ3) is 2.98. The van der Waals surface area contributed by atoms with Crippen LogP contribution in [0.1, 0.15) is 39.6 Å². The van der Waals surface area contributed by atoms with Gasteiger partial charge in [-0.1, -0.05) is 0 Å². The first kappa shape index (κ1) is 17.1. The third-order valence-corrected chi connectivity index (χ3v) is 3.97. The molecule has 2 aromatic rings. The molecule has 0 saturated heterocycles. The summed E-state index contributed by atoms with van der Waals surface area (Å²) in [6.07, 6.45) is 2.90. The molecule has 0 saturated carbocycles. The van der Waals surface area contributed by atoms with E-state index in [0.29, 0.717) is 22.5 Å². The van der Waals surface area contributed by atoms with Crippen LogP contribution in [0.25, 0.3) is 0 Å². The maximum absolute atomic E-state index is 12.2. The fourth-order valence-electron chi connectivity index (χ4n) is 2.66. The number of aliphatic hydroxyl groups excluding tert-OH is 3. The van der Waals surface area contributed by atoms with Crippen LogP contribution in [0.4, 0.5) is 0 Å². The minimum Gasteiger partial charge on any atom is -0.506 e. The zero-order valence-electron chi connectivity index (χ0n) is 13.0. The molecule has 0 aliphatic carbocycles. The molecule has 5 N–H and O–H groups in total. The average Bonchev–Trinajstić information content (AvgIpc) is 2.55. The van der Waals surface area contributed by atoms with Crippen LogP contribution in [0.3, 0.4) is 0 Å². The Balaban J connectivity index is 2.74. The number of aromatic nitrogens is 2. The highest BCUT2D eigenvalue weighted by atomic mass is 16.3. The molecular weight excluding hydrogens is 300 g/mol. The van der Waals surface area contributed by atoms with Gasteiger partial charge in [-0.25, -0.2) is 0 Å². The Hall–Kier alpha value is -2.22. The molecule has 7 heteroatoms. The van der Waals surface area contributed by atoms with Gasteiger partial charge in [0.25, 0.3) is 0 Å². The number of aromatic amines is 1. The van der Waals surface area contributed by atoms with E-state index in [0.717, 1.165) is 0 Å². The number of nitrogens with zero attached hydrogens (tertiary/aromatic N) is 1. The normalized spacial score (nSPS) is 12.4. The summed E-state index contributed by atoms with van der Waals surface area (Å²) in [6.45, 7) is 1.91. The maximum atomic E-state index is 12.2. The monoisotopic (exact) mass is 320 g/mol. The van der Waals surface area contributed by atoms with Crippen molar-refractivity contribution in [2.75, 3.05) is 6.61 Å². The fourth-order valence-corrected chi connectivity index (χ4v) is 2.66. The second kappa shape index (κ2) is 6.91. The van der Waals surface area contributed by atoms with Gasteiger partial charge in [0, 0.05) is 40.3 Å². The summed E-state index contributed by atoms with van der Waals surface area (Å²) in [6, 6.07) is 0. The van der Waals surface area contributed by atoms with Crippen molar-refractivity contribution in [1.29, 1.82) is 0 Å². The number of rotatable bonds is 5. The lowest BCUT2D eigenvalue weighted by Crippen LogP contribution is -2.22. The number of hydrogen-bond acceptors (Lipinski definition) is 6. The van der Waals surface area contributed by atoms with Gasteiger partial charge in [-0.05, 0) is 13.8 Å². The first-order valence-corrected chi connectivity index (χ1v) is 7.17. The van der Waals surface area contributed by atoms with Gasteiger partial charge in [-0.15, -0.1) is 0 Å². The fraction of sp³-hybridized carbons (Fsp3) is 0.375. The predicted octanol–water partition coefficient (Wildman–Crippen LogP) is 0.201. The van der Waals surface area contributed by atoms with Gasteiger partial charge >= 0.3 is 0 Å². The van der Waals surface area contributed by atoms with E-state index in [1.54, 1.807) is 13.8 Å². The lowest BCUT2D eigenvalue weighted by atomic mass is 9.89. The zero-order chi connectivity index (χ0) is 17.1. The van der Waals surface area contributed by atoms with Gasteiger partial charge in [0.2, 0.25) is 0 Å². The highest BCUT2D eigenvalue weighted by molar-refractivity contribution is 5.48. The van der Waals surface area contributed by atoms with Gasteiger partial charge in [0.1, 0.15) is 5.75 Å². The Morgan fingerprint density at radius 3 is 2.48 bits per heavy atom. The van der Waals surface area contributed by atoms with Gasteiger partial charge in [0.15, 0.2) is 5.43 Å². The number of pyridine rings is 2. The van der Waals surface area contributed by atoms with E-state index < -0.39 is 19.1 Å². The molecule has 1 unspecified atom stereocenters. The van der Waals surface area contributed by atoms with E-state index in [9.17, 15) is 25.2 Å². The molecule has 1 atom stereocenters. The van der Waals surface area contributed by atoms with Gasteiger partial charge in [-0.3, -0.25) is 9.78 Å².